The number of ether oxygens (including phenoxy) is 2. The van der Waals surface area contributed by atoms with E-state index in [1.807, 2.05) is 0 Å². The maximum absolute atomic E-state index is 12.5. The van der Waals surface area contributed by atoms with Crippen LogP contribution in [0.4, 0.5) is 13.2 Å². The summed E-state index contributed by atoms with van der Waals surface area (Å²) in [6.07, 6.45) is -4.90. The number of alkyl halides is 3. The molecule has 2 atom stereocenters. The van der Waals surface area contributed by atoms with Crippen molar-refractivity contribution < 1.29 is 32.5 Å². The molecule has 1 N–H and O–H groups in total. The number of carbonyl (C=O) groups is 1. The van der Waals surface area contributed by atoms with E-state index in [0.717, 1.165) is 12.1 Å². The number of hydrogen-bond acceptors (Lipinski definition) is 3. The van der Waals surface area contributed by atoms with Crippen molar-refractivity contribution in [2.75, 3.05) is 0 Å². The van der Waals surface area contributed by atoms with E-state index in [1.54, 1.807) is 38.1 Å². The Balaban J connectivity index is 1.99. The molecule has 0 fully saturated rings. The highest BCUT2D eigenvalue weighted by Crippen LogP contribution is 2.31. The second-order valence-corrected chi connectivity index (χ2v) is 5.55. The molecule has 0 spiro atoms. The first-order chi connectivity index (χ1) is 11.7. The van der Waals surface area contributed by atoms with Crippen molar-refractivity contribution in [3.63, 3.8) is 0 Å². The average molecular weight is 354 g/mol. The second-order valence-electron chi connectivity index (χ2n) is 5.55. The van der Waals surface area contributed by atoms with Crippen LogP contribution in [0.2, 0.25) is 0 Å². The Morgan fingerprint density at radius 3 is 1.80 bits per heavy atom. The Labute approximate surface area is 142 Å². The fraction of sp³-hybridized carbons (Fsp3) is 0.278. The van der Waals surface area contributed by atoms with Crippen LogP contribution >= 0.6 is 0 Å². The first-order valence-corrected chi connectivity index (χ1v) is 7.51. The summed E-state index contributed by atoms with van der Waals surface area (Å²) in [7, 11) is 0. The molecule has 2 aromatic carbocycles. The van der Waals surface area contributed by atoms with Crippen LogP contribution < -0.4 is 9.47 Å². The van der Waals surface area contributed by atoms with E-state index in [4.69, 9.17) is 14.6 Å². The highest BCUT2D eigenvalue weighted by Gasteiger charge is 2.30. The Hall–Kier alpha value is -2.70. The number of benzene rings is 2. The Morgan fingerprint density at radius 1 is 0.920 bits per heavy atom. The molecule has 2 aromatic rings. The molecule has 4 nitrogen and oxygen atoms in total. The standard InChI is InChI=1S/C18H17F3O4/c1-11(17(22)23)12(2)24-14-7-9-16(10-8-14)25-15-5-3-13(4-6-15)18(19,20)21/h3-12H,1-2H3,(H,22,23). The van der Waals surface area contributed by atoms with E-state index in [9.17, 15) is 18.0 Å². The number of aliphatic carboxylic acids is 1. The van der Waals surface area contributed by atoms with Crippen LogP contribution in [0.15, 0.2) is 48.5 Å². The van der Waals surface area contributed by atoms with Gasteiger partial charge in [-0.3, -0.25) is 4.79 Å². The molecular weight excluding hydrogens is 337 g/mol. The predicted octanol–water partition coefficient (Wildman–Crippen LogP) is 4.99. The van der Waals surface area contributed by atoms with E-state index in [-0.39, 0.29) is 5.75 Å². The van der Waals surface area contributed by atoms with Gasteiger partial charge in [0, 0.05) is 0 Å². The molecule has 0 aliphatic heterocycles. The largest absolute Gasteiger partial charge is 0.490 e. The molecular formula is C18H17F3O4. The topological polar surface area (TPSA) is 55.8 Å². The van der Waals surface area contributed by atoms with Gasteiger partial charge in [0.15, 0.2) is 0 Å². The molecule has 2 unspecified atom stereocenters. The summed E-state index contributed by atoms with van der Waals surface area (Å²) in [5.41, 5.74) is -0.745. The smallest absolute Gasteiger partial charge is 0.416 e. The summed E-state index contributed by atoms with van der Waals surface area (Å²) in [5, 5.41) is 8.94. The van der Waals surface area contributed by atoms with Crippen molar-refractivity contribution in [2.45, 2.75) is 26.1 Å². The van der Waals surface area contributed by atoms with E-state index in [2.05, 4.69) is 0 Å². The van der Waals surface area contributed by atoms with Crippen LogP contribution in [-0.2, 0) is 11.0 Å². The van der Waals surface area contributed by atoms with Crippen molar-refractivity contribution in [2.24, 2.45) is 5.92 Å². The number of hydrogen-bond donors (Lipinski definition) is 1. The summed E-state index contributed by atoms with van der Waals surface area (Å²) in [4.78, 5) is 10.9. The number of carboxylic acids is 1. The van der Waals surface area contributed by atoms with Crippen LogP contribution in [0.25, 0.3) is 0 Å². The molecule has 134 valence electrons. The summed E-state index contributed by atoms with van der Waals surface area (Å²) in [5.74, 6) is -0.446. The fourth-order valence-corrected chi connectivity index (χ4v) is 1.95. The zero-order valence-electron chi connectivity index (χ0n) is 13.6. The van der Waals surface area contributed by atoms with Crippen LogP contribution in [0.1, 0.15) is 19.4 Å². The third-order valence-corrected chi connectivity index (χ3v) is 3.66. The molecule has 0 aliphatic carbocycles. The van der Waals surface area contributed by atoms with E-state index in [0.29, 0.717) is 11.5 Å². The van der Waals surface area contributed by atoms with Gasteiger partial charge in [0.25, 0.3) is 0 Å². The van der Waals surface area contributed by atoms with Gasteiger partial charge in [-0.1, -0.05) is 0 Å². The lowest BCUT2D eigenvalue weighted by atomic mass is 10.1. The van der Waals surface area contributed by atoms with Crippen LogP contribution in [0.3, 0.4) is 0 Å². The van der Waals surface area contributed by atoms with Crippen molar-refractivity contribution in [1.29, 1.82) is 0 Å². The minimum Gasteiger partial charge on any atom is -0.490 e. The van der Waals surface area contributed by atoms with Crippen LogP contribution in [0, 0.1) is 5.92 Å². The molecule has 0 aromatic heterocycles. The lowest BCUT2D eigenvalue weighted by Crippen LogP contribution is -2.27. The number of carboxylic acid groups (broad SMARTS) is 1. The number of halogens is 3. The Kier molecular flexibility index (Phi) is 5.56. The van der Waals surface area contributed by atoms with E-state index in [1.165, 1.54) is 12.1 Å². The second kappa shape index (κ2) is 7.46. The van der Waals surface area contributed by atoms with Gasteiger partial charge < -0.3 is 14.6 Å². The molecule has 0 aliphatic rings. The minimum atomic E-state index is -4.39. The SMILES string of the molecule is CC(Oc1ccc(Oc2ccc(C(F)(F)F)cc2)cc1)C(C)C(=O)O. The minimum absolute atomic E-state index is 0.273. The third-order valence-electron chi connectivity index (χ3n) is 3.66. The molecule has 7 heteroatoms. The molecule has 2 rings (SSSR count). The average Bonchev–Trinajstić information content (AvgIpc) is 2.55. The maximum atomic E-state index is 12.5. The lowest BCUT2D eigenvalue weighted by molar-refractivity contribution is -0.143. The molecule has 0 saturated carbocycles. The van der Waals surface area contributed by atoms with Crippen molar-refractivity contribution >= 4 is 5.97 Å². The van der Waals surface area contributed by atoms with Crippen LogP contribution in [-0.4, -0.2) is 17.2 Å². The van der Waals surface area contributed by atoms with Gasteiger partial charge in [0.2, 0.25) is 0 Å². The third kappa shape index (κ3) is 5.14. The molecule has 0 amide bonds. The quantitative estimate of drug-likeness (QED) is 0.794. The lowest BCUT2D eigenvalue weighted by Gasteiger charge is -2.18. The van der Waals surface area contributed by atoms with Gasteiger partial charge in [-0.15, -0.1) is 0 Å². The van der Waals surface area contributed by atoms with Crippen molar-refractivity contribution in [3.8, 4) is 17.2 Å². The van der Waals surface area contributed by atoms with Gasteiger partial charge in [0.1, 0.15) is 23.4 Å². The van der Waals surface area contributed by atoms with E-state index < -0.39 is 29.7 Å². The first-order valence-electron chi connectivity index (χ1n) is 7.51. The first kappa shape index (κ1) is 18.6. The summed E-state index contributed by atoms with van der Waals surface area (Å²) in [6, 6.07) is 10.8. The molecule has 0 bridgehead atoms. The summed E-state index contributed by atoms with van der Waals surface area (Å²) in [6.45, 7) is 3.21. The normalized spacial score (nSPS) is 13.8. The highest BCUT2D eigenvalue weighted by molar-refractivity contribution is 5.70. The fourth-order valence-electron chi connectivity index (χ4n) is 1.95. The number of rotatable bonds is 6. The summed E-state index contributed by atoms with van der Waals surface area (Å²) >= 11 is 0. The Bertz CT molecular complexity index is 709. The predicted molar refractivity (Wildman–Crippen MR) is 84.8 cm³/mol. The van der Waals surface area contributed by atoms with E-state index >= 15 is 0 Å². The van der Waals surface area contributed by atoms with Crippen LogP contribution in [0.5, 0.6) is 17.2 Å². The maximum Gasteiger partial charge on any atom is 0.416 e. The molecule has 0 saturated heterocycles. The zero-order chi connectivity index (χ0) is 18.6. The molecule has 0 heterocycles. The Morgan fingerprint density at radius 2 is 1.36 bits per heavy atom. The van der Waals surface area contributed by atoms with Gasteiger partial charge in [-0.05, 0) is 62.4 Å². The molecule has 25 heavy (non-hydrogen) atoms. The highest BCUT2D eigenvalue weighted by atomic mass is 19.4. The van der Waals surface area contributed by atoms with Crippen molar-refractivity contribution in [1.82, 2.24) is 0 Å². The van der Waals surface area contributed by atoms with Gasteiger partial charge >= 0.3 is 12.1 Å². The van der Waals surface area contributed by atoms with Crippen molar-refractivity contribution in [3.05, 3.63) is 54.1 Å². The zero-order valence-corrected chi connectivity index (χ0v) is 13.6. The van der Waals surface area contributed by atoms with Gasteiger partial charge in [-0.25, -0.2) is 0 Å². The monoisotopic (exact) mass is 354 g/mol. The summed E-state index contributed by atoms with van der Waals surface area (Å²) < 4.78 is 48.5. The van der Waals surface area contributed by atoms with Gasteiger partial charge in [0.05, 0.1) is 11.5 Å². The molecule has 0 radical (unpaired) electrons. The van der Waals surface area contributed by atoms with Gasteiger partial charge in [-0.2, -0.15) is 13.2 Å².